The van der Waals surface area contributed by atoms with Gasteiger partial charge in [0.05, 0.1) is 12.6 Å². The number of pyridine rings is 1. The average Bonchev–Trinajstić information content (AvgIpc) is 3.08. The third-order valence-electron chi connectivity index (χ3n) is 3.88. The van der Waals surface area contributed by atoms with Crippen LogP contribution in [0.3, 0.4) is 0 Å². The quantitative estimate of drug-likeness (QED) is 0.801. The number of rotatable bonds is 2. The fourth-order valence-corrected chi connectivity index (χ4v) is 3.76. The first-order valence-electron chi connectivity index (χ1n) is 7.92. The van der Waals surface area contributed by atoms with Gasteiger partial charge >= 0.3 is 6.09 Å². The summed E-state index contributed by atoms with van der Waals surface area (Å²) < 4.78 is 5.55. The van der Waals surface area contributed by atoms with Gasteiger partial charge in [-0.15, -0.1) is 11.3 Å². The van der Waals surface area contributed by atoms with Gasteiger partial charge in [-0.1, -0.05) is 13.0 Å². The molecule has 0 aliphatic carbocycles. The molecule has 2 aromatic rings. The molecule has 0 saturated heterocycles. The van der Waals surface area contributed by atoms with Gasteiger partial charge in [-0.3, -0.25) is 4.90 Å². The van der Waals surface area contributed by atoms with Crippen LogP contribution in [0.4, 0.5) is 4.79 Å². The zero-order valence-electron chi connectivity index (χ0n) is 14.0. The van der Waals surface area contributed by atoms with E-state index in [2.05, 4.69) is 29.4 Å². The van der Waals surface area contributed by atoms with Crippen LogP contribution in [0.5, 0.6) is 0 Å². The first-order valence-corrected chi connectivity index (χ1v) is 8.80. The Hall–Kier alpha value is -1.88. The minimum atomic E-state index is -0.475. The number of nitrogens with zero attached hydrogens (tertiary/aromatic N) is 2. The first kappa shape index (κ1) is 16.0. The van der Waals surface area contributed by atoms with Gasteiger partial charge in [0.25, 0.3) is 0 Å². The Labute approximate surface area is 140 Å². The van der Waals surface area contributed by atoms with Gasteiger partial charge in [-0.2, -0.15) is 0 Å². The van der Waals surface area contributed by atoms with Gasteiger partial charge in [-0.05, 0) is 50.5 Å². The molecule has 3 rings (SSSR count). The van der Waals surface area contributed by atoms with E-state index in [-0.39, 0.29) is 12.1 Å². The summed E-state index contributed by atoms with van der Waals surface area (Å²) in [5.74, 6) is 0. The normalized spacial score (nSPS) is 18.3. The molecule has 1 unspecified atom stereocenters. The van der Waals surface area contributed by atoms with E-state index in [1.165, 1.54) is 11.1 Å². The van der Waals surface area contributed by atoms with Crippen molar-refractivity contribution in [3.63, 3.8) is 0 Å². The summed E-state index contributed by atoms with van der Waals surface area (Å²) in [6.45, 7) is 8.37. The molecule has 0 spiro atoms. The second kappa shape index (κ2) is 5.96. The topological polar surface area (TPSA) is 42.4 Å². The van der Waals surface area contributed by atoms with E-state index in [4.69, 9.17) is 4.74 Å². The Bertz CT molecular complexity index is 758. The van der Waals surface area contributed by atoms with E-state index in [1.807, 2.05) is 37.9 Å². The molecule has 1 amide bonds. The lowest BCUT2D eigenvalue weighted by Gasteiger charge is -2.28. The monoisotopic (exact) mass is 330 g/mol. The Morgan fingerprint density at radius 1 is 1.48 bits per heavy atom. The summed E-state index contributed by atoms with van der Waals surface area (Å²) in [4.78, 5) is 19.7. The first-order chi connectivity index (χ1) is 10.9. The van der Waals surface area contributed by atoms with Crippen molar-refractivity contribution < 1.29 is 9.53 Å². The lowest BCUT2D eigenvalue weighted by Crippen LogP contribution is -2.40. The van der Waals surface area contributed by atoms with E-state index in [0.29, 0.717) is 6.54 Å². The molecule has 0 saturated carbocycles. The van der Waals surface area contributed by atoms with Gasteiger partial charge < -0.3 is 4.74 Å². The second-order valence-electron chi connectivity index (χ2n) is 6.78. The number of thiophene rings is 1. The molecule has 122 valence electrons. The van der Waals surface area contributed by atoms with Crippen LogP contribution in [-0.2, 0) is 4.74 Å². The standard InChI is InChI=1S/C18H22N2O2S/c1-5-13-9-12(10-20(13)17(21)22-18(2,3)4)15-11-23-16-14(15)7-6-8-19-16/h6-9,11,13H,5,10H2,1-4H3. The summed E-state index contributed by atoms with van der Waals surface area (Å²) in [6.07, 6.45) is 4.64. The summed E-state index contributed by atoms with van der Waals surface area (Å²) in [6, 6.07) is 4.13. The maximum Gasteiger partial charge on any atom is 0.411 e. The van der Waals surface area contributed by atoms with Gasteiger partial charge in [0.15, 0.2) is 0 Å². The molecule has 0 N–H and O–H groups in total. The molecule has 23 heavy (non-hydrogen) atoms. The van der Waals surface area contributed by atoms with Gasteiger partial charge in [-0.25, -0.2) is 9.78 Å². The van der Waals surface area contributed by atoms with Crippen molar-refractivity contribution in [3.8, 4) is 0 Å². The summed E-state index contributed by atoms with van der Waals surface area (Å²) in [5.41, 5.74) is 1.89. The average molecular weight is 330 g/mol. The third kappa shape index (κ3) is 3.24. The lowest BCUT2D eigenvalue weighted by molar-refractivity contribution is 0.0242. The van der Waals surface area contributed by atoms with E-state index in [0.717, 1.165) is 16.6 Å². The fraction of sp³-hybridized carbons (Fsp3) is 0.444. The molecule has 5 heteroatoms. The largest absolute Gasteiger partial charge is 0.444 e. The van der Waals surface area contributed by atoms with E-state index in [1.54, 1.807) is 11.3 Å². The molecule has 1 aliphatic rings. The molecule has 0 fully saturated rings. The zero-order chi connectivity index (χ0) is 16.6. The third-order valence-corrected chi connectivity index (χ3v) is 4.78. The van der Waals surface area contributed by atoms with E-state index in [9.17, 15) is 4.79 Å². The molecule has 0 bridgehead atoms. The molecule has 1 aliphatic heterocycles. The van der Waals surface area contributed by atoms with Crippen LogP contribution >= 0.6 is 11.3 Å². The van der Waals surface area contributed by atoms with Crippen molar-refractivity contribution in [2.75, 3.05) is 6.54 Å². The smallest absolute Gasteiger partial charge is 0.411 e. The zero-order valence-corrected chi connectivity index (χ0v) is 14.8. The fourth-order valence-electron chi connectivity index (χ4n) is 2.83. The molecule has 0 aromatic carbocycles. The highest BCUT2D eigenvalue weighted by atomic mass is 32.1. The highest BCUT2D eigenvalue weighted by molar-refractivity contribution is 7.17. The van der Waals surface area contributed by atoms with Crippen LogP contribution in [-0.4, -0.2) is 34.2 Å². The van der Waals surface area contributed by atoms with Crippen LogP contribution in [0, 0.1) is 0 Å². The van der Waals surface area contributed by atoms with Crippen LogP contribution in [0.2, 0.25) is 0 Å². The number of ether oxygens (including phenoxy) is 1. The molecule has 2 aromatic heterocycles. The van der Waals surface area contributed by atoms with Crippen molar-refractivity contribution in [1.82, 2.24) is 9.88 Å². The van der Waals surface area contributed by atoms with Gasteiger partial charge in [0, 0.05) is 17.0 Å². The highest BCUT2D eigenvalue weighted by Gasteiger charge is 2.32. The minimum absolute atomic E-state index is 0.0893. The van der Waals surface area contributed by atoms with E-state index >= 15 is 0 Å². The maximum absolute atomic E-state index is 12.5. The van der Waals surface area contributed by atoms with Crippen LogP contribution in [0.1, 0.15) is 39.7 Å². The number of fused-ring (bicyclic) bond motifs is 1. The Balaban J connectivity index is 1.87. The Morgan fingerprint density at radius 2 is 2.26 bits per heavy atom. The minimum Gasteiger partial charge on any atom is -0.444 e. The number of amides is 1. The Kier molecular flexibility index (Phi) is 4.15. The number of hydrogen-bond donors (Lipinski definition) is 0. The van der Waals surface area contributed by atoms with Crippen molar-refractivity contribution >= 4 is 33.2 Å². The summed E-state index contributed by atoms with van der Waals surface area (Å²) in [7, 11) is 0. The molecule has 1 atom stereocenters. The summed E-state index contributed by atoms with van der Waals surface area (Å²) in [5, 5.41) is 3.29. The predicted octanol–water partition coefficient (Wildman–Crippen LogP) is 4.71. The van der Waals surface area contributed by atoms with Gasteiger partial charge in [0.1, 0.15) is 10.4 Å². The number of carbonyl (C=O) groups is 1. The van der Waals surface area contributed by atoms with Crippen LogP contribution in [0.15, 0.2) is 29.8 Å². The van der Waals surface area contributed by atoms with Gasteiger partial charge in [0.2, 0.25) is 0 Å². The van der Waals surface area contributed by atoms with Crippen molar-refractivity contribution in [1.29, 1.82) is 0 Å². The predicted molar refractivity (Wildman–Crippen MR) is 94.6 cm³/mol. The van der Waals surface area contributed by atoms with Crippen LogP contribution in [0.25, 0.3) is 15.8 Å². The van der Waals surface area contributed by atoms with Crippen molar-refractivity contribution in [3.05, 3.63) is 35.3 Å². The molecule has 0 radical (unpaired) electrons. The SMILES string of the molecule is CCC1C=C(c2csc3ncccc23)CN1C(=O)OC(C)(C)C. The lowest BCUT2D eigenvalue weighted by atomic mass is 10.1. The molecule has 3 heterocycles. The number of hydrogen-bond acceptors (Lipinski definition) is 4. The number of carbonyl (C=O) groups excluding carboxylic acids is 1. The van der Waals surface area contributed by atoms with Crippen molar-refractivity contribution in [2.45, 2.75) is 45.8 Å². The molecular weight excluding hydrogens is 308 g/mol. The summed E-state index contributed by atoms with van der Waals surface area (Å²) >= 11 is 1.64. The maximum atomic E-state index is 12.5. The second-order valence-corrected chi connectivity index (χ2v) is 7.64. The Morgan fingerprint density at radius 3 is 2.96 bits per heavy atom. The molecular formula is C18H22N2O2S. The molecule has 4 nitrogen and oxygen atoms in total. The van der Waals surface area contributed by atoms with Crippen LogP contribution < -0.4 is 0 Å². The highest BCUT2D eigenvalue weighted by Crippen LogP contribution is 2.34. The van der Waals surface area contributed by atoms with Crippen molar-refractivity contribution in [2.24, 2.45) is 0 Å². The number of aromatic nitrogens is 1. The van der Waals surface area contributed by atoms with E-state index < -0.39 is 5.60 Å².